The topological polar surface area (TPSA) is 44.5 Å². The third-order valence-electron chi connectivity index (χ3n) is 2.98. The maximum absolute atomic E-state index is 5.67. The third kappa shape index (κ3) is 3.63. The van der Waals surface area contributed by atoms with E-state index in [0.29, 0.717) is 0 Å². The second-order valence-corrected chi connectivity index (χ2v) is 4.43. The molecule has 0 bridgehead atoms. The van der Waals surface area contributed by atoms with E-state index in [1.54, 1.807) is 0 Å². The minimum absolute atomic E-state index is 0.753. The van der Waals surface area contributed by atoms with Crippen LogP contribution in [0.15, 0.2) is 18.2 Å². The molecule has 0 unspecified atom stereocenters. The van der Waals surface area contributed by atoms with Crippen LogP contribution in [-0.2, 0) is 6.42 Å². The van der Waals surface area contributed by atoms with Crippen molar-refractivity contribution in [2.75, 3.05) is 19.8 Å². The predicted octanol–water partition coefficient (Wildman–Crippen LogP) is 2.52. The van der Waals surface area contributed by atoms with Crippen molar-refractivity contribution in [3.63, 3.8) is 0 Å². The molecule has 1 aliphatic rings. The van der Waals surface area contributed by atoms with Crippen LogP contribution in [0.4, 0.5) is 0 Å². The summed E-state index contributed by atoms with van der Waals surface area (Å²) in [5.74, 6) is 1.78. The van der Waals surface area contributed by atoms with Crippen LogP contribution in [0.1, 0.15) is 31.2 Å². The molecule has 17 heavy (non-hydrogen) atoms. The summed E-state index contributed by atoms with van der Waals surface area (Å²) in [5.41, 5.74) is 6.81. The van der Waals surface area contributed by atoms with Gasteiger partial charge in [-0.15, -0.1) is 0 Å². The lowest BCUT2D eigenvalue weighted by Crippen LogP contribution is -1.98. The van der Waals surface area contributed by atoms with Crippen LogP contribution in [0.3, 0.4) is 0 Å². The Morgan fingerprint density at radius 2 is 1.82 bits per heavy atom. The van der Waals surface area contributed by atoms with Crippen LogP contribution in [0, 0.1) is 0 Å². The van der Waals surface area contributed by atoms with Crippen molar-refractivity contribution < 1.29 is 9.47 Å². The molecular formula is C14H21NO2. The summed E-state index contributed by atoms with van der Waals surface area (Å²) in [6, 6.07) is 6.28. The zero-order valence-electron chi connectivity index (χ0n) is 10.3. The summed E-state index contributed by atoms with van der Waals surface area (Å²) in [5, 5.41) is 0. The minimum atomic E-state index is 0.753. The summed E-state index contributed by atoms with van der Waals surface area (Å²) < 4.78 is 11.3. The molecule has 94 valence electrons. The lowest BCUT2D eigenvalue weighted by Gasteiger charge is -2.09. The number of rotatable bonds is 5. The van der Waals surface area contributed by atoms with Gasteiger partial charge in [0.15, 0.2) is 11.5 Å². The quantitative estimate of drug-likeness (QED) is 0.798. The molecule has 2 N–H and O–H groups in total. The molecule has 1 aromatic rings. The Labute approximate surface area is 103 Å². The molecule has 0 spiro atoms. The molecule has 0 radical (unpaired) electrons. The molecule has 0 saturated carbocycles. The van der Waals surface area contributed by atoms with Crippen molar-refractivity contribution in [1.82, 2.24) is 0 Å². The van der Waals surface area contributed by atoms with E-state index in [4.69, 9.17) is 15.2 Å². The van der Waals surface area contributed by atoms with Gasteiger partial charge in [-0.1, -0.05) is 12.5 Å². The Balaban J connectivity index is 1.93. The van der Waals surface area contributed by atoms with Crippen LogP contribution in [0.5, 0.6) is 11.5 Å². The molecule has 1 heterocycles. The molecule has 1 aromatic carbocycles. The highest BCUT2D eigenvalue weighted by Gasteiger charge is 2.10. The molecule has 0 fully saturated rings. The molecule has 0 amide bonds. The average Bonchev–Trinajstić information content (AvgIpc) is 2.59. The maximum Gasteiger partial charge on any atom is 0.161 e. The number of hydrogen-bond acceptors (Lipinski definition) is 3. The molecule has 1 aliphatic heterocycles. The summed E-state index contributed by atoms with van der Waals surface area (Å²) in [7, 11) is 0. The Kier molecular flexibility index (Phi) is 4.68. The van der Waals surface area contributed by atoms with E-state index in [1.165, 1.54) is 18.4 Å². The third-order valence-corrected chi connectivity index (χ3v) is 2.98. The van der Waals surface area contributed by atoms with Crippen molar-refractivity contribution in [2.45, 2.75) is 32.1 Å². The molecule has 0 aliphatic carbocycles. The largest absolute Gasteiger partial charge is 0.490 e. The van der Waals surface area contributed by atoms with Gasteiger partial charge in [-0.2, -0.15) is 0 Å². The van der Waals surface area contributed by atoms with E-state index < -0.39 is 0 Å². The number of unbranched alkanes of at least 4 members (excludes halogenated alkanes) is 2. The SMILES string of the molecule is NCCCCCc1ccc2c(c1)OCCCO2. The first-order chi connectivity index (χ1) is 8.40. The van der Waals surface area contributed by atoms with Crippen LogP contribution in [-0.4, -0.2) is 19.8 Å². The van der Waals surface area contributed by atoms with E-state index in [0.717, 1.165) is 50.5 Å². The summed E-state index contributed by atoms with van der Waals surface area (Å²) >= 11 is 0. The lowest BCUT2D eigenvalue weighted by molar-refractivity contribution is 0.297. The van der Waals surface area contributed by atoms with Gasteiger partial charge in [0.2, 0.25) is 0 Å². The lowest BCUT2D eigenvalue weighted by atomic mass is 10.1. The molecule has 3 nitrogen and oxygen atoms in total. The molecular weight excluding hydrogens is 214 g/mol. The number of hydrogen-bond donors (Lipinski definition) is 1. The first kappa shape index (κ1) is 12.2. The molecule has 0 atom stereocenters. The van der Waals surface area contributed by atoms with Gasteiger partial charge in [0, 0.05) is 6.42 Å². The Hall–Kier alpha value is -1.22. The molecule has 2 rings (SSSR count). The minimum Gasteiger partial charge on any atom is -0.490 e. The highest BCUT2D eigenvalue weighted by Crippen LogP contribution is 2.30. The van der Waals surface area contributed by atoms with E-state index in [1.807, 2.05) is 6.07 Å². The van der Waals surface area contributed by atoms with Gasteiger partial charge in [-0.25, -0.2) is 0 Å². The van der Waals surface area contributed by atoms with Gasteiger partial charge < -0.3 is 15.2 Å². The molecule has 3 heteroatoms. The van der Waals surface area contributed by atoms with Gasteiger partial charge in [0.05, 0.1) is 13.2 Å². The zero-order chi connectivity index (χ0) is 11.9. The van der Waals surface area contributed by atoms with Gasteiger partial charge >= 0.3 is 0 Å². The van der Waals surface area contributed by atoms with Gasteiger partial charge in [-0.3, -0.25) is 0 Å². The number of benzene rings is 1. The standard InChI is InChI=1S/C14H21NO2/c15-8-3-1-2-5-12-6-7-13-14(11-12)17-10-4-9-16-13/h6-7,11H,1-5,8-10,15H2. The number of aryl methyl sites for hydroxylation is 1. The Bertz CT molecular complexity index is 352. The second-order valence-electron chi connectivity index (χ2n) is 4.43. The fourth-order valence-corrected chi connectivity index (χ4v) is 2.01. The molecule has 0 aromatic heterocycles. The van der Waals surface area contributed by atoms with Gasteiger partial charge in [0.25, 0.3) is 0 Å². The number of nitrogens with two attached hydrogens (primary N) is 1. The van der Waals surface area contributed by atoms with Crippen LogP contribution >= 0.6 is 0 Å². The monoisotopic (exact) mass is 235 g/mol. The maximum atomic E-state index is 5.67. The fraction of sp³-hybridized carbons (Fsp3) is 0.571. The second kappa shape index (κ2) is 6.50. The van der Waals surface area contributed by atoms with Crippen LogP contribution in [0.2, 0.25) is 0 Å². The van der Waals surface area contributed by atoms with Gasteiger partial charge in [-0.05, 0) is 43.5 Å². The number of ether oxygens (including phenoxy) is 2. The van der Waals surface area contributed by atoms with E-state index in [9.17, 15) is 0 Å². The fourth-order valence-electron chi connectivity index (χ4n) is 2.01. The van der Waals surface area contributed by atoms with Crippen molar-refractivity contribution in [2.24, 2.45) is 5.73 Å². The molecule has 0 saturated heterocycles. The average molecular weight is 235 g/mol. The van der Waals surface area contributed by atoms with E-state index in [-0.39, 0.29) is 0 Å². The van der Waals surface area contributed by atoms with Crippen molar-refractivity contribution in [1.29, 1.82) is 0 Å². The summed E-state index contributed by atoms with van der Waals surface area (Å²) in [4.78, 5) is 0. The van der Waals surface area contributed by atoms with E-state index >= 15 is 0 Å². The van der Waals surface area contributed by atoms with Crippen molar-refractivity contribution >= 4 is 0 Å². The predicted molar refractivity (Wildman–Crippen MR) is 68.7 cm³/mol. The summed E-state index contributed by atoms with van der Waals surface area (Å²) in [6.07, 6.45) is 5.56. The highest BCUT2D eigenvalue weighted by atomic mass is 16.5. The first-order valence-corrected chi connectivity index (χ1v) is 6.49. The van der Waals surface area contributed by atoms with Crippen molar-refractivity contribution in [3.05, 3.63) is 23.8 Å². The van der Waals surface area contributed by atoms with Crippen LogP contribution < -0.4 is 15.2 Å². The van der Waals surface area contributed by atoms with Crippen LogP contribution in [0.25, 0.3) is 0 Å². The zero-order valence-corrected chi connectivity index (χ0v) is 10.3. The normalized spacial score (nSPS) is 14.4. The Morgan fingerprint density at radius 1 is 1.00 bits per heavy atom. The smallest absolute Gasteiger partial charge is 0.161 e. The Morgan fingerprint density at radius 3 is 2.65 bits per heavy atom. The van der Waals surface area contributed by atoms with Gasteiger partial charge in [0.1, 0.15) is 0 Å². The van der Waals surface area contributed by atoms with Crippen molar-refractivity contribution in [3.8, 4) is 11.5 Å². The summed E-state index contributed by atoms with van der Waals surface area (Å²) in [6.45, 7) is 2.30. The number of fused-ring (bicyclic) bond motifs is 1. The first-order valence-electron chi connectivity index (χ1n) is 6.49. The van der Waals surface area contributed by atoms with E-state index in [2.05, 4.69) is 12.1 Å². The highest BCUT2D eigenvalue weighted by molar-refractivity contribution is 5.43.